The topological polar surface area (TPSA) is 111 Å². The van der Waals surface area contributed by atoms with Gasteiger partial charge in [0.05, 0.1) is 18.9 Å². The molecule has 10 heteroatoms. The SMILES string of the molecule is C[C@@H](COc1ccnc2c1[C@H](C)CCC2)CC1Cc2ccc(OCCCNCc3ccnn3C)cc2C12CCC(Nc1cccc(Cl)c1)(C(=O)O)CC2. The minimum atomic E-state index is -1.06. The van der Waals surface area contributed by atoms with Crippen molar-refractivity contribution < 1.29 is 19.4 Å². The van der Waals surface area contributed by atoms with Crippen molar-refractivity contribution in [3.05, 3.63) is 100 Å². The average Bonchev–Trinajstić information content (AvgIpc) is 3.69. The zero-order valence-electron chi connectivity index (χ0n) is 31.4. The Labute approximate surface area is 318 Å². The van der Waals surface area contributed by atoms with Gasteiger partial charge < -0.3 is 25.2 Å². The van der Waals surface area contributed by atoms with E-state index in [1.807, 2.05) is 60.5 Å². The Morgan fingerprint density at radius 2 is 1.94 bits per heavy atom. The maximum Gasteiger partial charge on any atom is 0.329 e. The van der Waals surface area contributed by atoms with Crippen molar-refractivity contribution in [2.24, 2.45) is 18.9 Å². The van der Waals surface area contributed by atoms with Crippen LogP contribution in [0.2, 0.25) is 5.02 Å². The van der Waals surface area contributed by atoms with Crippen LogP contribution in [0.4, 0.5) is 5.69 Å². The molecule has 2 heterocycles. The number of carboxylic acid groups (broad SMARTS) is 1. The third-order valence-electron chi connectivity index (χ3n) is 12.3. The molecule has 53 heavy (non-hydrogen) atoms. The summed E-state index contributed by atoms with van der Waals surface area (Å²) in [5.41, 5.74) is 5.85. The summed E-state index contributed by atoms with van der Waals surface area (Å²) < 4.78 is 14.8. The van der Waals surface area contributed by atoms with Gasteiger partial charge in [0.2, 0.25) is 0 Å². The summed E-state index contributed by atoms with van der Waals surface area (Å²) in [5.74, 6) is 2.21. The highest BCUT2D eigenvalue weighted by molar-refractivity contribution is 6.30. The number of nitrogens with one attached hydrogen (secondary N) is 2. The summed E-state index contributed by atoms with van der Waals surface area (Å²) in [6, 6.07) is 18.1. The number of fused-ring (bicyclic) bond motifs is 3. The van der Waals surface area contributed by atoms with E-state index in [0.29, 0.717) is 48.8 Å². The first-order chi connectivity index (χ1) is 25.7. The number of aryl methyl sites for hydroxylation is 2. The number of hydrogen-bond acceptors (Lipinski definition) is 7. The Morgan fingerprint density at radius 3 is 2.72 bits per heavy atom. The van der Waals surface area contributed by atoms with E-state index >= 15 is 0 Å². The monoisotopic (exact) mass is 739 g/mol. The second kappa shape index (κ2) is 16.1. The molecule has 0 aliphatic heterocycles. The van der Waals surface area contributed by atoms with Gasteiger partial charge >= 0.3 is 5.97 Å². The van der Waals surface area contributed by atoms with Crippen molar-refractivity contribution in [1.82, 2.24) is 20.1 Å². The first-order valence-electron chi connectivity index (χ1n) is 19.5. The molecule has 3 atom stereocenters. The summed E-state index contributed by atoms with van der Waals surface area (Å²) in [6.07, 6.45) is 12.5. The van der Waals surface area contributed by atoms with Crippen LogP contribution in [0, 0.1) is 11.8 Å². The Hall–Kier alpha value is -4.08. The van der Waals surface area contributed by atoms with E-state index in [2.05, 4.69) is 52.8 Å². The van der Waals surface area contributed by atoms with E-state index in [1.54, 1.807) is 0 Å². The molecule has 3 N–H and O–H groups in total. The zero-order chi connectivity index (χ0) is 37.0. The van der Waals surface area contributed by atoms with Crippen LogP contribution in [0.3, 0.4) is 0 Å². The van der Waals surface area contributed by atoms with Gasteiger partial charge in [-0.25, -0.2) is 4.79 Å². The largest absolute Gasteiger partial charge is 0.494 e. The molecular formula is C43H54ClN5O4. The maximum absolute atomic E-state index is 13.0. The number of benzene rings is 2. The van der Waals surface area contributed by atoms with Crippen LogP contribution in [-0.4, -0.2) is 51.1 Å². The lowest BCUT2D eigenvalue weighted by Gasteiger charge is -2.47. The first-order valence-corrected chi connectivity index (χ1v) is 19.8. The predicted octanol–water partition coefficient (Wildman–Crippen LogP) is 8.49. The quantitative estimate of drug-likeness (QED) is 0.104. The fourth-order valence-corrected chi connectivity index (χ4v) is 9.54. The normalized spacial score (nSPS) is 24.0. The minimum absolute atomic E-state index is 0.146. The molecule has 0 amide bonds. The van der Waals surface area contributed by atoms with E-state index in [1.165, 1.54) is 35.2 Å². The summed E-state index contributed by atoms with van der Waals surface area (Å²) >= 11 is 6.30. The summed E-state index contributed by atoms with van der Waals surface area (Å²) in [7, 11) is 1.96. The van der Waals surface area contributed by atoms with Gasteiger partial charge in [0.25, 0.3) is 0 Å². The number of nitrogens with zero attached hydrogens (tertiary/aromatic N) is 3. The van der Waals surface area contributed by atoms with Crippen molar-refractivity contribution in [3.8, 4) is 11.5 Å². The molecule has 4 aromatic rings. The molecule has 0 saturated heterocycles. The van der Waals surface area contributed by atoms with E-state index in [0.717, 1.165) is 74.5 Å². The van der Waals surface area contributed by atoms with Crippen LogP contribution in [-0.2, 0) is 36.6 Å². The Kier molecular flexibility index (Phi) is 11.3. The molecule has 2 aromatic carbocycles. The molecule has 1 unspecified atom stereocenters. The molecule has 7 rings (SSSR count). The lowest BCUT2D eigenvalue weighted by molar-refractivity contribution is -0.144. The number of anilines is 1. The van der Waals surface area contributed by atoms with E-state index < -0.39 is 11.5 Å². The smallest absolute Gasteiger partial charge is 0.329 e. The number of carboxylic acids is 1. The maximum atomic E-state index is 13.0. The van der Waals surface area contributed by atoms with Gasteiger partial charge in [-0.05, 0) is 148 Å². The number of aliphatic carboxylic acids is 1. The highest BCUT2D eigenvalue weighted by Crippen LogP contribution is 2.57. The number of ether oxygens (including phenoxy) is 2. The van der Waals surface area contributed by atoms with Crippen LogP contribution >= 0.6 is 11.6 Å². The van der Waals surface area contributed by atoms with Crippen LogP contribution in [0.15, 0.2) is 67.0 Å². The Morgan fingerprint density at radius 1 is 1.09 bits per heavy atom. The predicted molar refractivity (Wildman–Crippen MR) is 209 cm³/mol. The third kappa shape index (κ3) is 8.07. The number of carbonyl (C=O) groups is 1. The van der Waals surface area contributed by atoms with Crippen molar-refractivity contribution in [2.45, 2.75) is 101 Å². The van der Waals surface area contributed by atoms with Gasteiger partial charge in [0, 0.05) is 48.0 Å². The lowest BCUT2D eigenvalue weighted by Crippen LogP contribution is -2.53. The van der Waals surface area contributed by atoms with Gasteiger partial charge in [-0.2, -0.15) is 5.10 Å². The number of aromatic nitrogens is 3. The molecule has 3 aliphatic rings. The standard InChI is InChI=1S/C43H54ClN5O4/c1-29(28-53-39-14-20-46-38-10-4-7-30(2)40(38)39)23-32-24-31-11-12-36(52-22-6-19-45-27-35-13-21-47-49(35)3)26-37(31)42(32)15-17-43(18-16-42,41(50)51)48-34-9-5-8-33(44)25-34/h5,8-9,11-14,20-21,25-26,29-30,32,45,48H,4,6-7,10,15-19,22-24,27-28H2,1-3H3,(H,50,51)/t29-,30-,32?,42?,43?/m1/s1. The average molecular weight is 740 g/mol. The van der Waals surface area contributed by atoms with Crippen molar-refractivity contribution in [2.75, 3.05) is 25.1 Å². The van der Waals surface area contributed by atoms with Gasteiger partial charge in [-0.3, -0.25) is 9.67 Å². The molecule has 9 nitrogen and oxygen atoms in total. The fourth-order valence-electron chi connectivity index (χ4n) is 9.34. The fraction of sp³-hybridized carbons (Fsp3) is 0.512. The molecule has 2 aromatic heterocycles. The van der Waals surface area contributed by atoms with Crippen molar-refractivity contribution in [1.29, 1.82) is 0 Å². The molecule has 1 fully saturated rings. The van der Waals surface area contributed by atoms with Crippen LogP contribution in [0.25, 0.3) is 0 Å². The van der Waals surface area contributed by atoms with E-state index in [9.17, 15) is 9.90 Å². The minimum Gasteiger partial charge on any atom is -0.494 e. The Bertz CT molecular complexity index is 1890. The van der Waals surface area contributed by atoms with Crippen molar-refractivity contribution >= 4 is 23.3 Å². The highest BCUT2D eigenvalue weighted by Gasteiger charge is 2.54. The highest BCUT2D eigenvalue weighted by atomic mass is 35.5. The number of halogens is 1. The molecule has 1 spiro atoms. The summed E-state index contributed by atoms with van der Waals surface area (Å²) in [5, 5.41) is 22.4. The third-order valence-corrected chi connectivity index (χ3v) is 12.5. The molecule has 0 bridgehead atoms. The summed E-state index contributed by atoms with van der Waals surface area (Å²) in [6.45, 7) is 7.47. The number of pyridine rings is 1. The molecule has 0 radical (unpaired) electrons. The van der Waals surface area contributed by atoms with Crippen LogP contribution in [0.1, 0.15) is 99.2 Å². The van der Waals surface area contributed by atoms with Gasteiger partial charge in [-0.15, -0.1) is 0 Å². The first kappa shape index (κ1) is 37.2. The molecule has 282 valence electrons. The van der Waals surface area contributed by atoms with E-state index in [-0.39, 0.29) is 5.41 Å². The zero-order valence-corrected chi connectivity index (χ0v) is 32.1. The molecular weight excluding hydrogens is 686 g/mol. The van der Waals surface area contributed by atoms with E-state index in [4.69, 9.17) is 21.1 Å². The van der Waals surface area contributed by atoms with Gasteiger partial charge in [-0.1, -0.05) is 37.6 Å². The van der Waals surface area contributed by atoms with Crippen LogP contribution in [0.5, 0.6) is 11.5 Å². The lowest BCUT2D eigenvalue weighted by atomic mass is 9.59. The van der Waals surface area contributed by atoms with Crippen LogP contribution < -0.4 is 20.1 Å². The number of hydrogen-bond donors (Lipinski definition) is 3. The molecule has 1 saturated carbocycles. The Balaban J connectivity index is 1.06. The van der Waals surface area contributed by atoms with Crippen molar-refractivity contribution in [3.63, 3.8) is 0 Å². The number of rotatable bonds is 15. The van der Waals surface area contributed by atoms with Gasteiger partial charge in [0.1, 0.15) is 17.0 Å². The molecule has 3 aliphatic carbocycles. The summed E-state index contributed by atoms with van der Waals surface area (Å²) in [4.78, 5) is 17.7. The van der Waals surface area contributed by atoms with Gasteiger partial charge in [0.15, 0.2) is 0 Å². The second-order valence-corrected chi connectivity index (χ2v) is 16.3. The second-order valence-electron chi connectivity index (χ2n) is 15.8.